The molecule has 1 aliphatic carbocycles. The normalized spacial score (nSPS) is 12.4. The number of esters is 1. The molecule has 1 saturated carbocycles. The van der Waals surface area contributed by atoms with Gasteiger partial charge in [0.2, 0.25) is 17.4 Å². The molecule has 14 nitrogen and oxygen atoms in total. The quantitative estimate of drug-likeness (QED) is 0.0860. The molecule has 52 heavy (non-hydrogen) atoms. The van der Waals surface area contributed by atoms with E-state index in [0.717, 1.165) is 26.7 Å². The van der Waals surface area contributed by atoms with Crippen molar-refractivity contribution >= 4 is 29.4 Å². The van der Waals surface area contributed by atoms with Gasteiger partial charge < -0.3 is 30.7 Å². The largest absolute Gasteiger partial charge is 0.479 e. The lowest BCUT2D eigenvalue weighted by molar-refractivity contribution is -0.159. The van der Waals surface area contributed by atoms with Crippen LogP contribution in [0, 0.1) is 0 Å². The number of benzene rings is 2. The van der Waals surface area contributed by atoms with Gasteiger partial charge in [0.1, 0.15) is 6.54 Å². The summed E-state index contributed by atoms with van der Waals surface area (Å²) in [6, 6.07) is 10.8. The Bertz CT molecular complexity index is 1920. The number of nitrogens with one attached hydrogen (secondary N) is 2. The number of ether oxygens (including phenoxy) is 1. The molecule has 18 heteroatoms. The number of carbonyl (C=O) groups excluding carboxylic acids is 2. The van der Waals surface area contributed by atoms with Gasteiger partial charge in [0.15, 0.2) is 5.82 Å². The predicted molar refractivity (Wildman–Crippen MR) is 182 cm³/mol. The van der Waals surface area contributed by atoms with E-state index in [-0.39, 0.29) is 54.3 Å². The Morgan fingerprint density at radius 2 is 1.69 bits per heavy atom. The van der Waals surface area contributed by atoms with E-state index >= 15 is 0 Å². The molecule has 0 saturated heterocycles. The van der Waals surface area contributed by atoms with Crippen molar-refractivity contribution in [3.05, 3.63) is 76.0 Å². The number of hydrogen-bond acceptors (Lipinski definition) is 11. The molecule has 0 atom stereocenters. The van der Waals surface area contributed by atoms with Crippen molar-refractivity contribution in [1.29, 1.82) is 0 Å². The van der Waals surface area contributed by atoms with Crippen LogP contribution in [-0.2, 0) is 33.6 Å². The first-order valence-corrected chi connectivity index (χ1v) is 16.1. The number of amides is 1. The van der Waals surface area contributed by atoms with Crippen LogP contribution in [0.2, 0.25) is 0 Å². The molecule has 2 aromatic carbocycles. The van der Waals surface area contributed by atoms with E-state index < -0.39 is 41.1 Å². The Morgan fingerprint density at radius 1 is 1.06 bits per heavy atom. The molecule has 5 N–H and O–H groups in total. The van der Waals surface area contributed by atoms with Crippen LogP contribution in [0.1, 0.15) is 69.3 Å². The third-order valence-corrected chi connectivity index (χ3v) is 6.92. The van der Waals surface area contributed by atoms with E-state index in [2.05, 4.69) is 30.3 Å². The Morgan fingerprint density at radius 3 is 2.23 bits per heavy atom. The number of aliphatic carboxylic acids is 1. The molecule has 1 amide bonds. The highest BCUT2D eigenvalue weighted by molar-refractivity contribution is 5.92. The lowest BCUT2D eigenvalue weighted by Crippen LogP contribution is -2.34. The van der Waals surface area contributed by atoms with Crippen LogP contribution in [0.5, 0.6) is 0 Å². The highest BCUT2D eigenvalue weighted by atomic mass is 19.4. The zero-order valence-corrected chi connectivity index (χ0v) is 29.0. The third-order valence-electron chi connectivity index (χ3n) is 6.92. The molecule has 1 aliphatic rings. The molecule has 0 spiro atoms. The fourth-order valence-electron chi connectivity index (χ4n) is 4.15. The van der Waals surface area contributed by atoms with Crippen molar-refractivity contribution < 1.29 is 46.3 Å². The molecular weight excluding hydrogens is 694 g/mol. The SMILES string of the molecule is CC.CC(C)(F)C(=O)O.CCOC(=O)c1cc(N)cc(-c2cnc(NC3CC3)c(=O)n2CC(=O)NCc2ccc(-c3noc(C(F)(F)F)n3)cc2)c1. The summed E-state index contributed by atoms with van der Waals surface area (Å²) in [7, 11) is 0. The summed E-state index contributed by atoms with van der Waals surface area (Å²) in [5, 5.41) is 17.0. The van der Waals surface area contributed by atoms with Crippen molar-refractivity contribution in [2.45, 2.75) is 78.4 Å². The van der Waals surface area contributed by atoms with Gasteiger partial charge in [0.05, 0.1) is 24.1 Å². The summed E-state index contributed by atoms with van der Waals surface area (Å²) in [5.41, 5.74) is 5.44. The average Bonchev–Trinajstić information content (AvgIpc) is 3.76. The van der Waals surface area contributed by atoms with Crippen LogP contribution in [0.4, 0.5) is 29.1 Å². The molecule has 4 aromatic rings. The van der Waals surface area contributed by atoms with E-state index in [0.29, 0.717) is 16.7 Å². The number of carbonyl (C=O) groups is 3. The topological polar surface area (TPSA) is 205 Å². The molecule has 1 fully saturated rings. The number of nitrogens with zero attached hydrogens (tertiary/aromatic N) is 4. The number of nitrogens with two attached hydrogens (primary N) is 1. The van der Waals surface area contributed by atoms with Crippen LogP contribution in [0.25, 0.3) is 22.6 Å². The summed E-state index contributed by atoms with van der Waals surface area (Å²) < 4.78 is 60.7. The second-order valence-electron chi connectivity index (χ2n) is 11.5. The van der Waals surface area contributed by atoms with Crippen LogP contribution < -0.4 is 21.9 Å². The van der Waals surface area contributed by atoms with Gasteiger partial charge in [-0.25, -0.2) is 19.0 Å². The predicted octanol–water partition coefficient (Wildman–Crippen LogP) is 5.47. The van der Waals surface area contributed by atoms with Gasteiger partial charge >= 0.3 is 24.0 Å². The smallest absolute Gasteiger partial charge is 0.471 e. The summed E-state index contributed by atoms with van der Waals surface area (Å²) in [6.45, 7) is 7.51. The Hall–Kier alpha value is -5.81. The number of aromatic nitrogens is 4. The summed E-state index contributed by atoms with van der Waals surface area (Å²) >= 11 is 0. The maximum Gasteiger partial charge on any atom is 0.471 e. The lowest BCUT2D eigenvalue weighted by Gasteiger charge is -2.16. The molecule has 5 rings (SSSR count). The fourth-order valence-corrected chi connectivity index (χ4v) is 4.15. The van der Waals surface area contributed by atoms with Crippen LogP contribution in [0.3, 0.4) is 0 Å². The van der Waals surface area contributed by atoms with Crippen molar-refractivity contribution in [3.8, 4) is 22.6 Å². The van der Waals surface area contributed by atoms with E-state index in [4.69, 9.17) is 15.6 Å². The van der Waals surface area contributed by atoms with Gasteiger partial charge in [-0.15, -0.1) is 0 Å². The monoisotopic (exact) mass is 733 g/mol. The first-order chi connectivity index (χ1) is 24.5. The molecule has 280 valence electrons. The van der Waals surface area contributed by atoms with Crippen LogP contribution in [-0.4, -0.2) is 61.0 Å². The Kier molecular flexibility index (Phi) is 13.6. The number of rotatable bonds is 11. The lowest BCUT2D eigenvalue weighted by atomic mass is 10.1. The minimum atomic E-state index is -4.75. The van der Waals surface area contributed by atoms with Crippen LogP contribution in [0.15, 0.2) is 58.0 Å². The maximum atomic E-state index is 13.4. The summed E-state index contributed by atoms with van der Waals surface area (Å²) in [5.74, 6) is -4.09. The Balaban J connectivity index is 0.000000726. The van der Waals surface area contributed by atoms with E-state index in [1.54, 1.807) is 25.1 Å². The van der Waals surface area contributed by atoms with Gasteiger partial charge in [-0.3, -0.25) is 14.2 Å². The Labute approximate surface area is 295 Å². The van der Waals surface area contributed by atoms with Gasteiger partial charge in [-0.1, -0.05) is 43.3 Å². The standard InChI is InChI=1S/C28H26F3N7O5.C4H7FO2.C2H6/c1-2-42-26(41)18-9-17(10-19(32)11-18)21-13-34-24(35-20-7-8-20)25(40)38(21)14-22(39)33-12-15-3-5-16(6-4-15)23-36-27(43-37-23)28(29,30)31;1-4(2,5)3(6)7;1-2/h3-6,9-11,13,20H,2,7-8,12,14,32H2,1H3,(H,33,39)(H,34,35);1-2H3,(H,6,7);1-2H3. The minimum Gasteiger partial charge on any atom is -0.479 e. The minimum absolute atomic E-state index is 0.0623. The fraction of sp³-hybridized carbons (Fsp3) is 0.382. The number of nitrogen functional groups attached to an aromatic ring is 1. The molecule has 2 aromatic heterocycles. The molecule has 2 heterocycles. The number of halogens is 4. The van der Waals surface area contributed by atoms with Gasteiger partial charge in [-0.05, 0) is 57.4 Å². The zero-order chi connectivity index (χ0) is 38.8. The second kappa shape index (κ2) is 17.4. The van der Waals surface area contributed by atoms with Gasteiger partial charge in [-0.2, -0.15) is 18.2 Å². The van der Waals surface area contributed by atoms with Crippen LogP contribution >= 0.6 is 0 Å². The van der Waals surface area contributed by atoms with E-state index in [9.17, 15) is 36.7 Å². The third kappa shape index (κ3) is 11.4. The first kappa shape index (κ1) is 40.6. The molecule has 0 bridgehead atoms. The summed E-state index contributed by atoms with van der Waals surface area (Å²) in [4.78, 5) is 56.1. The number of hydrogen-bond donors (Lipinski definition) is 4. The van der Waals surface area contributed by atoms with E-state index in [1.807, 2.05) is 13.8 Å². The number of anilines is 2. The highest BCUT2D eigenvalue weighted by Crippen LogP contribution is 2.30. The number of carboxylic acids is 1. The highest BCUT2D eigenvalue weighted by Gasteiger charge is 2.38. The van der Waals surface area contributed by atoms with Crippen molar-refractivity contribution in [2.75, 3.05) is 17.7 Å². The number of alkyl halides is 4. The molecule has 0 unspecified atom stereocenters. The van der Waals surface area contributed by atoms with Gasteiger partial charge in [0, 0.05) is 29.4 Å². The maximum absolute atomic E-state index is 13.4. The molecule has 0 aliphatic heterocycles. The number of carboxylic acid groups (broad SMARTS) is 1. The van der Waals surface area contributed by atoms with Crippen molar-refractivity contribution in [3.63, 3.8) is 0 Å². The molecular formula is C34H39F4N7O7. The van der Waals surface area contributed by atoms with Crippen molar-refractivity contribution in [1.82, 2.24) is 25.0 Å². The average molecular weight is 734 g/mol. The first-order valence-electron chi connectivity index (χ1n) is 16.1. The molecule has 0 radical (unpaired) electrons. The van der Waals surface area contributed by atoms with E-state index in [1.165, 1.54) is 35.0 Å². The van der Waals surface area contributed by atoms with Gasteiger partial charge in [0.25, 0.3) is 5.56 Å². The van der Waals surface area contributed by atoms with Crippen molar-refractivity contribution in [2.24, 2.45) is 0 Å². The summed E-state index contributed by atoms with van der Waals surface area (Å²) in [6.07, 6.45) is -1.52. The zero-order valence-electron chi connectivity index (χ0n) is 29.0. The second-order valence-corrected chi connectivity index (χ2v) is 11.5.